The van der Waals surface area contributed by atoms with Gasteiger partial charge in [0.1, 0.15) is 0 Å². The predicted molar refractivity (Wildman–Crippen MR) is 220 cm³/mol. The highest BCUT2D eigenvalue weighted by molar-refractivity contribution is 7.49. The molecule has 25 heteroatoms. The number of phosphoric ester groups is 2. The minimum absolute atomic E-state index is 0.0162. The van der Waals surface area contributed by atoms with Gasteiger partial charge in [-0.25, -0.2) is 36.6 Å². The Kier molecular flexibility index (Phi) is 16.9. The van der Waals surface area contributed by atoms with Crippen LogP contribution in [0.4, 0.5) is 10.3 Å². The second-order valence-corrected chi connectivity index (χ2v) is 21.9. The summed E-state index contributed by atoms with van der Waals surface area (Å²) in [7, 11) is -9.65. The summed E-state index contributed by atoms with van der Waals surface area (Å²) in [5.41, 5.74) is -5.79. The first kappa shape index (κ1) is 51.8. The Balaban J connectivity index is 1.97. The first-order valence-corrected chi connectivity index (χ1v) is 22.6. The van der Waals surface area contributed by atoms with Gasteiger partial charge in [0.15, 0.2) is 23.6 Å². The van der Waals surface area contributed by atoms with Crippen molar-refractivity contribution in [2.24, 2.45) is 27.6 Å². The smallest absolute Gasteiger partial charge is 0.437 e. The molecule has 22 nitrogen and oxygen atoms in total. The third kappa shape index (κ3) is 14.9. The lowest BCUT2D eigenvalue weighted by molar-refractivity contribution is -0.165. The van der Waals surface area contributed by atoms with E-state index in [2.05, 4.69) is 20.3 Å². The number of nitrogens with one attached hydrogen (secondary N) is 1. The van der Waals surface area contributed by atoms with Crippen LogP contribution in [0.2, 0.25) is 0 Å². The standard InChI is InChI=1S/C38H62FN5O17P2/c1-16-40-33-42-26-25(27(43-33)61-63(50,58-21-53-31(47)36(9,10)11)59-22-54-32(48)37(12,13)14)41-18-44(26)28-24(39)23(2)38(15,60-28)17-55-62(49,56-19-51-29(45)34(3,4)5)57-20-52-30(46)35(6,7)8/h18,23-24,28H,16-17,19-22H2,1-15H3,(H,40,42,43)/t23-,24+,28+,38+/m0/s1/i1T. The summed E-state index contributed by atoms with van der Waals surface area (Å²) in [6, 6.07) is 0. The molecule has 2 aromatic heterocycles. The minimum Gasteiger partial charge on any atom is -0.437 e. The minimum atomic E-state index is -4.92. The normalized spacial score (nSPS) is 20.2. The van der Waals surface area contributed by atoms with Crippen molar-refractivity contribution in [3.8, 4) is 5.88 Å². The van der Waals surface area contributed by atoms with Crippen molar-refractivity contribution in [1.82, 2.24) is 19.5 Å². The van der Waals surface area contributed by atoms with Gasteiger partial charge in [0.2, 0.25) is 33.1 Å². The molecule has 0 bridgehead atoms. The van der Waals surface area contributed by atoms with E-state index in [1.165, 1.54) is 18.4 Å². The molecule has 4 atom stereocenters. The van der Waals surface area contributed by atoms with E-state index in [9.17, 15) is 28.3 Å². The number of alkyl halides is 1. The summed E-state index contributed by atoms with van der Waals surface area (Å²) in [6.07, 6.45) is -2.23. The second kappa shape index (κ2) is 20.6. The summed E-state index contributed by atoms with van der Waals surface area (Å²) < 4.78 is 112. The molecule has 1 saturated heterocycles. The van der Waals surface area contributed by atoms with Crippen LogP contribution in [0.25, 0.3) is 11.2 Å². The number of esters is 4. The molecule has 1 aliphatic rings. The number of imidazole rings is 1. The van der Waals surface area contributed by atoms with Crippen LogP contribution < -0.4 is 9.84 Å². The average molecular weight is 944 g/mol. The lowest BCUT2D eigenvalue weighted by atomic mass is 9.90. The first-order chi connectivity index (χ1) is 29.3. The maximum atomic E-state index is 16.5. The van der Waals surface area contributed by atoms with Gasteiger partial charge < -0.3 is 33.5 Å². The number of hydrogen-bond acceptors (Lipinski definition) is 21. The number of ether oxygens (including phenoxy) is 5. The van der Waals surface area contributed by atoms with E-state index in [1.54, 1.807) is 83.1 Å². The topological polar surface area (TPSA) is 260 Å². The van der Waals surface area contributed by atoms with Gasteiger partial charge in [-0.05, 0) is 96.9 Å². The molecule has 0 spiro atoms. The molecule has 0 amide bonds. The third-order valence-electron chi connectivity index (χ3n) is 8.81. The zero-order valence-corrected chi connectivity index (χ0v) is 40.0. The fourth-order valence-corrected chi connectivity index (χ4v) is 6.58. The van der Waals surface area contributed by atoms with Crippen LogP contribution in [0.15, 0.2) is 6.33 Å². The maximum Gasteiger partial charge on any atom is 0.537 e. The monoisotopic (exact) mass is 943 g/mol. The fourth-order valence-electron chi connectivity index (χ4n) is 4.70. The molecule has 2 aromatic rings. The molecular formula is C38H62FN5O17P2. The molecule has 1 N–H and O–H groups in total. The number of halogens is 1. The summed E-state index contributed by atoms with van der Waals surface area (Å²) in [5, 5.41) is 2.79. The van der Waals surface area contributed by atoms with Gasteiger partial charge in [0, 0.05) is 13.8 Å². The number of hydrogen-bond donors (Lipinski definition) is 1. The van der Waals surface area contributed by atoms with Crippen molar-refractivity contribution in [2.45, 2.75) is 122 Å². The second-order valence-electron chi connectivity index (χ2n) is 18.6. The van der Waals surface area contributed by atoms with Crippen molar-refractivity contribution < 1.29 is 84.9 Å². The molecule has 0 unspecified atom stereocenters. The number of nitrogens with zero attached hydrogens (tertiary/aromatic N) is 4. The first-order valence-electron chi connectivity index (χ1n) is 20.4. The van der Waals surface area contributed by atoms with Gasteiger partial charge in [-0.3, -0.25) is 28.3 Å². The quantitative estimate of drug-likeness (QED) is 0.0587. The molecule has 0 saturated carbocycles. The maximum absolute atomic E-state index is 16.5. The summed E-state index contributed by atoms with van der Waals surface area (Å²) in [4.78, 5) is 62.5. The predicted octanol–water partition coefficient (Wildman–Crippen LogP) is 7.39. The van der Waals surface area contributed by atoms with Crippen LogP contribution in [0.5, 0.6) is 5.88 Å². The molecule has 1 aliphatic heterocycles. The van der Waals surface area contributed by atoms with Gasteiger partial charge in [-0.2, -0.15) is 9.97 Å². The van der Waals surface area contributed by atoms with Gasteiger partial charge >= 0.3 is 39.5 Å². The lowest BCUT2D eigenvalue weighted by Crippen LogP contribution is -2.37. The van der Waals surface area contributed by atoms with Crippen LogP contribution in [-0.2, 0) is 74.6 Å². The van der Waals surface area contributed by atoms with E-state index >= 15 is 4.39 Å². The highest BCUT2D eigenvalue weighted by Crippen LogP contribution is 2.54. The molecule has 0 aromatic carbocycles. The Bertz CT molecular complexity index is 1990. The molecular weight excluding hydrogens is 879 g/mol. The Morgan fingerprint density at radius 2 is 1.19 bits per heavy atom. The van der Waals surface area contributed by atoms with E-state index in [-0.39, 0.29) is 30.6 Å². The van der Waals surface area contributed by atoms with Crippen molar-refractivity contribution in [1.29, 1.82) is 0 Å². The Hall–Kier alpha value is -3.82. The van der Waals surface area contributed by atoms with Gasteiger partial charge in [0.05, 0.1) is 40.2 Å². The van der Waals surface area contributed by atoms with Crippen LogP contribution in [-0.4, -0.2) is 95.5 Å². The molecule has 3 heterocycles. The molecule has 63 heavy (non-hydrogen) atoms. The Morgan fingerprint density at radius 1 is 0.762 bits per heavy atom. The van der Waals surface area contributed by atoms with Gasteiger partial charge in [-0.1, -0.05) is 6.92 Å². The summed E-state index contributed by atoms with van der Waals surface area (Å²) in [6.45, 7) is 17.5. The van der Waals surface area contributed by atoms with Crippen LogP contribution in [0, 0.1) is 27.6 Å². The highest BCUT2D eigenvalue weighted by atomic mass is 31.2. The highest BCUT2D eigenvalue weighted by Gasteiger charge is 2.53. The molecule has 1 fully saturated rings. The summed E-state index contributed by atoms with van der Waals surface area (Å²) >= 11 is 0. The van der Waals surface area contributed by atoms with Gasteiger partial charge in [0.25, 0.3) is 5.88 Å². The Labute approximate surface area is 367 Å². The number of phosphoric acid groups is 2. The lowest BCUT2D eigenvalue weighted by Gasteiger charge is -2.29. The van der Waals surface area contributed by atoms with Crippen LogP contribution in [0.1, 0.15) is 111 Å². The SMILES string of the molecule is [3H]CCNc1nc(OP(=O)(OCOC(=O)C(C)(C)C)OCOC(=O)C(C)(C)C)c2ncn([C@@H]3O[C@](C)(COP(=O)(OCOC(=O)C(C)(C)C)OCOC(=O)C(C)(C)C)[C@@H](C)[C@H]3F)c2n1. The largest absolute Gasteiger partial charge is 0.537 e. The molecule has 0 aliphatic carbocycles. The van der Waals surface area contributed by atoms with Crippen LogP contribution >= 0.6 is 15.6 Å². The third-order valence-corrected chi connectivity index (χ3v) is 11.3. The average Bonchev–Trinajstić information content (AvgIpc) is 3.69. The van der Waals surface area contributed by atoms with E-state index in [4.69, 9.17) is 52.2 Å². The number of carbonyl (C=O) groups is 4. The number of fused-ring (bicyclic) bond motifs is 1. The zero-order valence-electron chi connectivity index (χ0n) is 39.3. The van der Waals surface area contributed by atoms with Crippen LogP contribution in [0.3, 0.4) is 0 Å². The number of rotatable bonds is 20. The molecule has 358 valence electrons. The summed E-state index contributed by atoms with van der Waals surface area (Å²) in [5.74, 6) is -4.62. The number of carbonyl (C=O) groups excluding carboxylic acids is 4. The number of aromatic nitrogens is 4. The zero-order chi connectivity index (χ0) is 48.7. The molecule has 3 rings (SSSR count). The van der Waals surface area contributed by atoms with Crippen molar-refractivity contribution >= 4 is 56.6 Å². The van der Waals surface area contributed by atoms with E-state index in [0.717, 1.165) is 6.33 Å². The van der Waals surface area contributed by atoms with Crippen molar-refractivity contribution in [3.05, 3.63) is 6.33 Å². The van der Waals surface area contributed by atoms with Crippen molar-refractivity contribution in [2.75, 3.05) is 45.6 Å². The number of anilines is 1. The van der Waals surface area contributed by atoms with E-state index in [1.807, 2.05) is 0 Å². The van der Waals surface area contributed by atoms with Gasteiger partial charge in [-0.15, -0.1) is 0 Å². The Morgan fingerprint density at radius 3 is 1.60 bits per heavy atom. The van der Waals surface area contributed by atoms with Crippen molar-refractivity contribution in [3.63, 3.8) is 0 Å². The fraction of sp³-hybridized carbons (Fsp3) is 0.763. The van der Waals surface area contributed by atoms with E-state index < -0.39 is 125 Å². The molecule has 0 radical (unpaired) electrons. The van der Waals surface area contributed by atoms with E-state index in [0.29, 0.717) is 0 Å².